The van der Waals surface area contributed by atoms with Crippen molar-refractivity contribution in [3.8, 4) is 11.5 Å². The Morgan fingerprint density at radius 3 is 2.45 bits per heavy atom. The number of alkyl carbamates (subject to hydrolysis) is 1. The molecule has 2 bridgehead atoms. The molecule has 0 saturated carbocycles. The number of phenolic OH excluding ortho intramolecular Hbond substituents is 1. The van der Waals surface area contributed by atoms with Gasteiger partial charge in [0.1, 0.15) is 24.2 Å². The van der Waals surface area contributed by atoms with E-state index in [0.717, 1.165) is 50.0 Å². The third kappa shape index (κ3) is 10.7. The van der Waals surface area contributed by atoms with E-state index < -0.39 is 18.2 Å². The fraction of sp³-hybridized carbons (Fsp3) is 0.438. The molecule has 5 aromatic rings. The first-order chi connectivity index (χ1) is 31.1. The van der Waals surface area contributed by atoms with Crippen molar-refractivity contribution in [1.29, 1.82) is 0 Å². The number of unbranched alkanes of at least 4 members (excludes halogenated alkanes) is 1. The molecule has 4 aliphatic rings. The Hall–Kier alpha value is -6.23. The van der Waals surface area contributed by atoms with E-state index in [9.17, 15) is 29.4 Å². The normalized spacial score (nSPS) is 19.5. The zero-order valence-corrected chi connectivity index (χ0v) is 36.1. The molecule has 0 radical (unpaired) electrons. The van der Waals surface area contributed by atoms with Crippen molar-refractivity contribution in [2.75, 3.05) is 52.4 Å². The third-order valence-corrected chi connectivity index (χ3v) is 12.7. The van der Waals surface area contributed by atoms with Gasteiger partial charge in [0.25, 0.3) is 5.91 Å². The quantitative estimate of drug-likeness (QED) is 0.0623. The highest BCUT2D eigenvalue weighted by atomic mass is 16.6. The molecule has 3 atom stereocenters. The number of carbonyl (C=O) groups excluding carboxylic acids is 3. The van der Waals surface area contributed by atoms with Crippen LogP contribution in [0.4, 0.5) is 4.79 Å². The Morgan fingerprint density at radius 1 is 0.906 bits per heavy atom. The molecule has 2 amide bonds. The van der Waals surface area contributed by atoms with Crippen molar-refractivity contribution >= 4 is 28.9 Å². The van der Waals surface area contributed by atoms with Crippen molar-refractivity contribution in [2.45, 2.75) is 63.4 Å². The number of fused-ring (bicyclic) bond motifs is 4. The highest BCUT2D eigenvalue weighted by Gasteiger charge is 2.37. The number of H-pyrrole nitrogens is 1. The minimum absolute atomic E-state index is 0.0603. The van der Waals surface area contributed by atoms with Gasteiger partial charge < -0.3 is 44.9 Å². The molecule has 16 heteroatoms. The average molecular weight is 876 g/mol. The van der Waals surface area contributed by atoms with Gasteiger partial charge in [0.15, 0.2) is 5.69 Å². The van der Waals surface area contributed by atoms with Gasteiger partial charge in [-0.05, 0) is 111 Å². The summed E-state index contributed by atoms with van der Waals surface area (Å²) in [6.45, 7) is 5.05. The van der Waals surface area contributed by atoms with Gasteiger partial charge in [-0.15, -0.1) is 0 Å². The van der Waals surface area contributed by atoms with E-state index >= 15 is 0 Å². The standard InChI is InChI=1S/C48H57N7O9/c1-53-35(30-63-36-11-7-10-34(26-36)44(32-8-3-2-4-9-32)51-48(61)64-42-29-54-21-16-31(42)17-22-54)27-39(52-53)46(59)55-23-18-33(19-24-55)47(60)62-25-6-5-20-49-28-41(57)37-12-14-40(56)45-38(37)13-15-43(58)50-45/h2-4,7-15,26-27,31,33,41-42,44,49,56-57H,5-6,16-25,28-30H2,1H3,(H,50,58)(H,51,61)/t41?,42?,44-/m0/s1. The first-order valence-corrected chi connectivity index (χ1v) is 22.3. The van der Waals surface area contributed by atoms with Crippen molar-refractivity contribution in [1.82, 2.24) is 35.2 Å². The fourth-order valence-electron chi connectivity index (χ4n) is 9.05. The molecule has 5 N–H and O–H groups in total. The lowest BCUT2D eigenvalue weighted by molar-refractivity contribution is -0.150. The number of rotatable bonds is 17. The summed E-state index contributed by atoms with van der Waals surface area (Å²) in [5.74, 6) is 0.189. The maximum atomic E-state index is 13.5. The van der Waals surface area contributed by atoms with Crippen molar-refractivity contribution in [2.24, 2.45) is 18.9 Å². The smallest absolute Gasteiger partial charge is 0.408 e. The van der Waals surface area contributed by atoms with Crippen LogP contribution < -0.4 is 20.9 Å². The van der Waals surface area contributed by atoms with Gasteiger partial charge >= 0.3 is 12.1 Å². The van der Waals surface area contributed by atoms with Gasteiger partial charge in [-0.1, -0.05) is 48.5 Å². The number of hydrogen-bond donors (Lipinski definition) is 5. The topological polar surface area (TPSA) is 201 Å². The molecule has 9 rings (SSSR count). The molecule has 2 aromatic heterocycles. The number of nitrogens with zero attached hydrogens (tertiary/aromatic N) is 4. The minimum Gasteiger partial charge on any atom is -0.506 e. The molecule has 4 saturated heterocycles. The number of aromatic hydroxyl groups is 1. The lowest BCUT2D eigenvalue weighted by atomic mass is 9.86. The van der Waals surface area contributed by atoms with Crippen LogP contribution in [0.5, 0.6) is 11.5 Å². The number of ether oxygens (including phenoxy) is 3. The predicted octanol–water partition coefficient (Wildman–Crippen LogP) is 4.95. The van der Waals surface area contributed by atoms with Crippen LogP contribution in [0.1, 0.15) is 83.5 Å². The van der Waals surface area contributed by atoms with E-state index in [1.165, 1.54) is 12.1 Å². The Labute approximate surface area is 371 Å². The second kappa shape index (κ2) is 20.5. The molecule has 2 unspecified atom stereocenters. The first-order valence-electron chi connectivity index (χ1n) is 22.3. The van der Waals surface area contributed by atoms with Crippen LogP contribution in [0.15, 0.2) is 89.7 Å². The van der Waals surface area contributed by atoms with Crippen LogP contribution in [0.25, 0.3) is 10.9 Å². The van der Waals surface area contributed by atoms with E-state index in [2.05, 4.69) is 25.6 Å². The van der Waals surface area contributed by atoms with Crippen LogP contribution in [-0.2, 0) is 27.9 Å². The number of hydrogen-bond acceptors (Lipinski definition) is 12. The molecule has 16 nitrogen and oxygen atoms in total. The van der Waals surface area contributed by atoms with Crippen LogP contribution in [0.3, 0.4) is 0 Å². The van der Waals surface area contributed by atoms with Crippen molar-refractivity contribution < 1.29 is 38.8 Å². The number of aliphatic hydroxyl groups is 1. The number of nitrogens with one attached hydrogen (secondary N) is 3. The summed E-state index contributed by atoms with van der Waals surface area (Å²) in [7, 11) is 1.77. The van der Waals surface area contributed by atoms with Crippen LogP contribution in [-0.4, -0.2) is 111 Å². The molecule has 338 valence electrons. The molecule has 3 aromatic carbocycles. The van der Waals surface area contributed by atoms with Crippen LogP contribution in [0.2, 0.25) is 0 Å². The summed E-state index contributed by atoms with van der Waals surface area (Å²) in [5.41, 5.74) is 3.31. The zero-order valence-electron chi connectivity index (χ0n) is 36.1. The summed E-state index contributed by atoms with van der Waals surface area (Å²) in [6.07, 6.45) is 3.08. The summed E-state index contributed by atoms with van der Waals surface area (Å²) < 4.78 is 19.4. The number of aryl methyl sites for hydroxylation is 1. The van der Waals surface area contributed by atoms with Crippen molar-refractivity contribution in [3.05, 3.63) is 123 Å². The second-order valence-electron chi connectivity index (χ2n) is 17.0. The Balaban J connectivity index is 0.759. The summed E-state index contributed by atoms with van der Waals surface area (Å²) in [4.78, 5) is 58.1. The monoisotopic (exact) mass is 875 g/mol. The summed E-state index contributed by atoms with van der Waals surface area (Å²) in [6, 6.07) is 24.7. The number of aromatic amines is 1. The Kier molecular flexibility index (Phi) is 14.2. The highest BCUT2D eigenvalue weighted by Crippen LogP contribution is 2.32. The summed E-state index contributed by atoms with van der Waals surface area (Å²) >= 11 is 0. The van der Waals surface area contributed by atoms with E-state index in [1.54, 1.807) is 34.8 Å². The molecule has 64 heavy (non-hydrogen) atoms. The molecule has 6 heterocycles. The lowest BCUT2D eigenvalue weighted by Crippen LogP contribution is -2.52. The molecule has 4 fully saturated rings. The lowest BCUT2D eigenvalue weighted by Gasteiger charge is -2.43. The molecular weight excluding hydrogens is 819 g/mol. The number of amides is 2. The van der Waals surface area contributed by atoms with Crippen LogP contribution in [0, 0.1) is 11.8 Å². The first kappa shape index (κ1) is 44.4. The number of piperidine rings is 4. The SMILES string of the molecule is Cn1nc(C(=O)N2CCC(C(=O)OCCCCNCC(O)c3ccc(O)c4[nH]c(=O)ccc34)CC2)cc1COc1cccc([C@@H](NC(=O)OC2CN3CCC2CC3)c2ccccc2)c1. The van der Waals surface area contributed by atoms with Gasteiger partial charge in [-0.3, -0.25) is 24.0 Å². The predicted molar refractivity (Wildman–Crippen MR) is 238 cm³/mol. The number of phenols is 1. The largest absolute Gasteiger partial charge is 0.506 e. The second-order valence-corrected chi connectivity index (χ2v) is 17.0. The number of aliphatic hydroxyl groups excluding tert-OH is 1. The number of esters is 1. The van der Waals surface area contributed by atoms with Gasteiger partial charge in [-0.25, -0.2) is 4.79 Å². The zero-order chi connectivity index (χ0) is 44.6. The fourth-order valence-corrected chi connectivity index (χ4v) is 9.05. The van der Waals surface area contributed by atoms with Gasteiger partial charge in [-0.2, -0.15) is 5.10 Å². The maximum Gasteiger partial charge on any atom is 0.408 e. The molecule has 0 spiro atoms. The molecule has 0 aliphatic carbocycles. The third-order valence-electron chi connectivity index (χ3n) is 12.7. The number of benzene rings is 3. The number of carbonyl (C=O) groups is 3. The number of aromatic nitrogens is 3. The van der Waals surface area contributed by atoms with Gasteiger partial charge in [0.05, 0.1) is 35.9 Å². The Morgan fingerprint density at radius 2 is 1.69 bits per heavy atom. The van der Waals surface area contributed by atoms with Gasteiger partial charge in [0.2, 0.25) is 5.56 Å². The molecule has 4 aliphatic heterocycles. The highest BCUT2D eigenvalue weighted by molar-refractivity contribution is 5.92. The van der Waals surface area contributed by atoms with E-state index in [-0.39, 0.29) is 60.5 Å². The summed E-state index contributed by atoms with van der Waals surface area (Å²) in [5, 5.41) is 32.2. The van der Waals surface area contributed by atoms with Gasteiger partial charge in [0, 0.05) is 44.7 Å². The van der Waals surface area contributed by atoms with E-state index in [0.29, 0.717) is 72.9 Å². The van der Waals surface area contributed by atoms with Crippen LogP contribution >= 0.6 is 0 Å². The average Bonchev–Trinajstić information content (AvgIpc) is 3.70. The molecular formula is C48H57N7O9. The minimum atomic E-state index is -0.851. The number of pyridine rings is 1. The van der Waals surface area contributed by atoms with E-state index in [4.69, 9.17) is 14.2 Å². The Bertz CT molecular complexity index is 2460. The maximum absolute atomic E-state index is 13.5. The number of likely N-dealkylation sites (tertiary alicyclic amines) is 1. The van der Waals surface area contributed by atoms with E-state index in [1.807, 2.05) is 54.6 Å². The van der Waals surface area contributed by atoms with Crippen molar-refractivity contribution in [3.63, 3.8) is 0 Å².